The number of carbonyl (C=O) groups is 1. The lowest BCUT2D eigenvalue weighted by atomic mass is 10.1. The molecule has 4 aromatic carbocycles. The summed E-state index contributed by atoms with van der Waals surface area (Å²) in [7, 11) is 0. The molecule has 0 atom stereocenters. The lowest BCUT2D eigenvalue weighted by molar-refractivity contribution is -0.151. The Hall–Kier alpha value is -12.1. The molecule has 17 rings (SSSR count). The fourth-order valence-electron chi connectivity index (χ4n) is 14.7. The first kappa shape index (κ1) is 113. The van der Waals surface area contributed by atoms with Crippen LogP contribution in [0.2, 0.25) is 0 Å². The van der Waals surface area contributed by atoms with Gasteiger partial charge in [0.15, 0.2) is 0 Å². The molecule has 18 nitrogen and oxygen atoms in total. The van der Waals surface area contributed by atoms with Gasteiger partial charge in [-0.3, -0.25) is 4.79 Å². The lowest BCUT2D eigenvalue weighted by Crippen LogP contribution is -2.24. The number of hydrogen-bond donors (Lipinski definition) is 3. The third-order valence-corrected chi connectivity index (χ3v) is 27.6. The second-order valence-electron chi connectivity index (χ2n) is 34.8. The van der Waals surface area contributed by atoms with Crippen LogP contribution in [0.3, 0.4) is 0 Å². The molecule has 0 unspecified atom stereocenters. The van der Waals surface area contributed by atoms with E-state index < -0.39 is 47.0 Å². The third kappa shape index (κ3) is 32.5. The molecule has 0 amide bonds. The summed E-state index contributed by atoms with van der Waals surface area (Å²) in [6, 6.07) is 33.7. The van der Waals surface area contributed by atoms with Crippen LogP contribution in [-0.4, -0.2) is 102 Å². The molecule has 145 heavy (non-hydrogen) atoms. The van der Waals surface area contributed by atoms with E-state index in [2.05, 4.69) is 110 Å². The number of allylic oxidation sites excluding steroid dienone is 3. The molecule has 3 N–H and O–H groups in total. The number of esters is 1. The first-order valence-corrected chi connectivity index (χ1v) is 52.7. The summed E-state index contributed by atoms with van der Waals surface area (Å²) in [4.78, 5) is 51.8. The maximum atomic E-state index is 12.9. The largest absolute Gasteiger partial charge is 0.506 e. The number of alkyl halides is 14. The molecule has 0 saturated heterocycles. The number of aromatic hydroxyl groups is 3. The standard InChI is InChI=1S/3C25H24F3N3OS.C22H20F3N3OS.C6H11BrO2.C3H5Br.C3H6/c1-3-5-6-21-22(33-24(30-21)17-7-9-19(10-8-17)25(26,27)28)16-31-12-11-18-14-20(32-13-4-2)15-29-23(18)31;1-3-5-7-20-22(33-24(30-20)16-8-10-18(11-9-16)25(26,27)28)15-31-13-12-17-14-21(32)19(6-4-2)29-23(17)31;1-3-5-7-20-22(33-24(30-20)16-8-10-17(11-9-16)25(26,27)28)15-31-13-12-19-18(6-4-2)21(32)14-29-23(19)31;1-2-3-4-18-19(13-28-10-9-15-11-17(29)12-26-20(15)28)30-21(27-18)14-5-7-16(8-6-14)22(23,24)25;1-6(2,3)9-5(8)4-7;1-2-3-4;1-2-3-1/h4,7-12,14-15H,2-3,5-6,13,16H2,1H3;2*4,8-14,32H,2-3,5-7,15H2,1H3;5-12,29H,2-4,13H2,1H3;4H2,1-3H3;2H,1,3H2;1-3H2. The number of aryl methyl sites for hydroxylation is 4. The highest BCUT2D eigenvalue weighted by atomic mass is 79.9. The summed E-state index contributed by atoms with van der Waals surface area (Å²) in [6.07, 6.45) is 18.6. The fraction of sp³-hybridized carbons (Fsp3) is 0.330. The van der Waals surface area contributed by atoms with Gasteiger partial charge in [-0.2, -0.15) is 52.7 Å². The van der Waals surface area contributed by atoms with E-state index in [1.165, 1.54) is 126 Å². The Morgan fingerprint density at radius 1 is 0.407 bits per heavy atom. The van der Waals surface area contributed by atoms with E-state index in [0.29, 0.717) is 94.3 Å². The number of ether oxygens (including phenoxy) is 2. The van der Waals surface area contributed by atoms with Crippen molar-refractivity contribution in [2.45, 2.75) is 214 Å². The van der Waals surface area contributed by atoms with Crippen molar-refractivity contribution in [2.24, 2.45) is 0 Å². The molecular weight excluding hydrogens is 2090 g/mol. The highest BCUT2D eigenvalue weighted by Crippen LogP contribution is 2.42. The van der Waals surface area contributed by atoms with E-state index in [4.69, 9.17) is 29.4 Å². The summed E-state index contributed by atoms with van der Waals surface area (Å²) in [5.74, 6) is 0.872. The molecule has 1 aliphatic rings. The minimum atomic E-state index is -4.36. The summed E-state index contributed by atoms with van der Waals surface area (Å²) >= 11 is 12.1. The average molecular weight is 2200 g/mol. The van der Waals surface area contributed by atoms with Crippen LogP contribution in [-0.2, 0) is 98.9 Å². The second kappa shape index (κ2) is 52.8. The summed E-state index contributed by atoms with van der Waals surface area (Å²) in [5.41, 5.74) is 8.06. The number of rotatable bonds is 33. The van der Waals surface area contributed by atoms with Crippen LogP contribution in [0.15, 0.2) is 234 Å². The van der Waals surface area contributed by atoms with Crippen LogP contribution in [0, 0.1) is 0 Å². The number of pyridine rings is 4. The van der Waals surface area contributed by atoms with Gasteiger partial charge in [-0.15, -0.1) is 65.1 Å². The zero-order chi connectivity index (χ0) is 105. The predicted molar refractivity (Wildman–Crippen MR) is 566 cm³/mol. The average Bonchev–Trinajstić information content (AvgIpc) is 1.63. The molecule has 12 heterocycles. The number of hydrogen-bond acceptors (Lipinski definition) is 18. The van der Waals surface area contributed by atoms with E-state index in [-0.39, 0.29) is 34.1 Å². The molecular formula is C109H114Br2F12N12O6S4. The van der Waals surface area contributed by atoms with Gasteiger partial charge in [0.1, 0.15) is 83.2 Å². The summed E-state index contributed by atoms with van der Waals surface area (Å²) in [5, 5.41) is 37.5. The van der Waals surface area contributed by atoms with Crippen molar-refractivity contribution in [3.8, 4) is 65.3 Å². The monoisotopic (exact) mass is 2200 g/mol. The number of thiazole rings is 4. The van der Waals surface area contributed by atoms with Crippen LogP contribution >= 0.6 is 77.2 Å². The maximum Gasteiger partial charge on any atom is 0.416 e. The van der Waals surface area contributed by atoms with Crippen molar-refractivity contribution in [3.63, 3.8) is 0 Å². The van der Waals surface area contributed by atoms with Crippen molar-refractivity contribution >= 4 is 127 Å². The van der Waals surface area contributed by atoms with Gasteiger partial charge >= 0.3 is 30.7 Å². The minimum absolute atomic E-state index is 0.117. The Balaban J connectivity index is 0.000000175. The van der Waals surface area contributed by atoms with Gasteiger partial charge in [0.2, 0.25) is 0 Å². The quantitative estimate of drug-likeness (QED) is 0.0151. The maximum absolute atomic E-state index is 12.9. The van der Waals surface area contributed by atoms with Crippen molar-refractivity contribution in [1.29, 1.82) is 0 Å². The van der Waals surface area contributed by atoms with Gasteiger partial charge < -0.3 is 43.1 Å². The third-order valence-electron chi connectivity index (χ3n) is 22.2. The number of unbranched alkanes of at least 4 members (excludes halogenated alkanes) is 4. The van der Waals surface area contributed by atoms with Gasteiger partial charge in [-0.25, -0.2) is 39.9 Å². The Kier molecular flexibility index (Phi) is 41.2. The number of nitrogens with zero attached hydrogens (tertiary/aromatic N) is 12. The Bertz CT molecular complexity index is 6830. The molecule has 768 valence electrons. The van der Waals surface area contributed by atoms with E-state index >= 15 is 0 Å². The summed E-state index contributed by atoms with van der Waals surface area (Å²) < 4.78 is 173. The fourth-order valence-corrected chi connectivity index (χ4v) is 19.3. The normalized spacial score (nSPS) is 11.9. The van der Waals surface area contributed by atoms with Crippen molar-refractivity contribution in [2.75, 3.05) is 17.3 Å². The van der Waals surface area contributed by atoms with Crippen LogP contribution in [0.5, 0.6) is 23.0 Å². The number of aromatic nitrogens is 12. The van der Waals surface area contributed by atoms with Crippen molar-refractivity contribution < 1.29 is 82.3 Å². The number of carbonyl (C=O) groups excluding carboxylic acids is 1. The molecule has 0 aliphatic heterocycles. The Morgan fingerprint density at radius 3 is 1.07 bits per heavy atom. The first-order chi connectivity index (χ1) is 69.2. The molecule has 16 aromatic rings. The molecule has 0 spiro atoms. The smallest absolute Gasteiger partial charge is 0.416 e. The molecule has 1 aliphatic carbocycles. The SMILES string of the molecule is C1CC1.C=CCBr.C=CCOc1cnc2c(ccn2Cc2sc(-c3ccc(C(F)(F)F)cc3)nc2CCCC)c1.C=CCc1c(O)cnc2c1ccn2Cc1sc(-c2ccc(C(F)(F)F)cc2)nc1CCCC.C=CCc1nc2c(ccn2Cc2sc(-c3ccc(C(F)(F)F)cc3)nc2CCCC)cc1O.CC(C)(C)OC(=O)CBr.CCCCc1nc(-c2ccc(C(F)(F)F)cc2)sc1Cn1ccc2cc(O)cnc21. The Labute approximate surface area is 867 Å². The van der Waals surface area contributed by atoms with E-state index in [0.717, 1.165) is 228 Å². The highest BCUT2D eigenvalue weighted by Gasteiger charge is 2.35. The number of benzene rings is 4. The number of fused-ring (bicyclic) bond motifs is 4. The lowest BCUT2D eigenvalue weighted by Gasteiger charge is -2.18. The van der Waals surface area contributed by atoms with Crippen LogP contribution < -0.4 is 4.74 Å². The van der Waals surface area contributed by atoms with Gasteiger partial charge in [0.25, 0.3) is 0 Å². The molecule has 12 aromatic heterocycles. The van der Waals surface area contributed by atoms with Gasteiger partial charge in [0.05, 0.1) is 95.5 Å². The van der Waals surface area contributed by atoms with Gasteiger partial charge in [0, 0.05) is 105 Å². The summed E-state index contributed by atoms with van der Waals surface area (Å²) in [6.45, 7) is 31.2. The highest BCUT2D eigenvalue weighted by molar-refractivity contribution is 9.09. The van der Waals surface area contributed by atoms with E-state index in [1.807, 2.05) is 89.6 Å². The zero-order valence-electron chi connectivity index (χ0n) is 81.3. The van der Waals surface area contributed by atoms with Crippen molar-refractivity contribution in [3.05, 3.63) is 309 Å². The molecule has 36 heteroatoms. The zero-order valence-corrected chi connectivity index (χ0v) is 87.7. The van der Waals surface area contributed by atoms with Gasteiger partial charge in [-0.1, -0.05) is 184 Å². The molecule has 0 bridgehead atoms. The molecule has 1 saturated carbocycles. The van der Waals surface area contributed by atoms with Crippen molar-refractivity contribution in [1.82, 2.24) is 58.1 Å². The predicted octanol–water partition coefficient (Wildman–Crippen LogP) is 31.9. The molecule has 0 radical (unpaired) electrons. The number of halogens is 14. The first-order valence-electron chi connectivity index (χ1n) is 47.2. The topological polar surface area (TPSA) is 219 Å². The van der Waals surface area contributed by atoms with Crippen LogP contribution in [0.1, 0.15) is 195 Å². The van der Waals surface area contributed by atoms with Crippen LogP contribution in [0.25, 0.3) is 86.4 Å². The Morgan fingerprint density at radius 2 is 0.745 bits per heavy atom. The van der Waals surface area contributed by atoms with Crippen LogP contribution in [0.4, 0.5) is 52.7 Å². The van der Waals surface area contributed by atoms with Gasteiger partial charge in [-0.05, 0) is 170 Å². The van der Waals surface area contributed by atoms with E-state index in [9.17, 15) is 72.8 Å². The van der Waals surface area contributed by atoms with E-state index in [1.54, 1.807) is 42.6 Å². The molecule has 1 fully saturated rings. The minimum Gasteiger partial charge on any atom is -0.506 e. The second-order valence-corrected chi connectivity index (χ2v) is 40.3.